The molecule has 7 rings (SSSR count). The summed E-state index contributed by atoms with van der Waals surface area (Å²) in [6.07, 6.45) is 4.68. The number of ether oxygens (including phenoxy) is 1. The van der Waals surface area contributed by atoms with E-state index < -0.39 is 5.60 Å². The quantitative estimate of drug-likeness (QED) is 0.268. The van der Waals surface area contributed by atoms with Crippen molar-refractivity contribution in [3.63, 3.8) is 0 Å². The normalized spacial score (nSPS) is 21.7. The summed E-state index contributed by atoms with van der Waals surface area (Å²) in [4.78, 5) is 18.4. The number of nitrogens with zero attached hydrogens (tertiary/aromatic N) is 2. The average Bonchev–Trinajstić information content (AvgIpc) is 3.21. The predicted octanol–water partition coefficient (Wildman–Crippen LogP) is 8.05. The maximum Gasteiger partial charge on any atom is 0.340 e. The van der Waals surface area contributed by atoms with Crippen LogP contribution in [-0.2, 0) is 15.8 Å². The van der Waals surface area contributed by atoms with E-state index in [1.807, 2.05) is 18.2 Å². The van der Waals surface area contributed by atoms with Gasteiger partial charge in [0, 0.05) is 58.7 Å². The Morgan fingerprint density at radius 1 is 0.610 bits per heavy atom. The van der Waals surface area contributed by atoms with Crippen molar-refractivity contribution in [2.24, 2.45) is 0 Å². The first-order chi connectivity index (χ1) is 19.1. The Morgan fingerprint density at radius 3 is 1.56 bits per heavy atom. The molecule has 0 aromatic heterocycles. The Kier molecular flexibility index (Phi) is 4.93. The van der Waals surface area contributed by atoms with Gasteiger partial charge in [0.05, 0.1) is 16.6 Å². The summed E-state index contributed by atoms with van der Waals surface area (Å²) in [6.45, 7) is 18.1. The molecule has 3 aromatic rings. The maximum atomic E-state index is 13.6. The Morgan fingerprint density at radius 2 is 1.07 bits per heavy atom. The summed E-state index contributed by atoms with van der Waals surface area (Å²) < 4.78 is 6.69. The van der Waals surface area contributed by atoms with Crippen LogP contribution in [0.15, 0.2) is 60.7 Å². The first-order valence-electron chi connectivity index (χ1n) is 14.7. The molecule has 41 heavy (non-hydrogen) atoms. The lowest BCUT2D eigenvalue weighted by atomic mass is 9.60. The second-order valence-electron chi connectivity index (χ2n) is 14.2. The number of hydrogen-bond donors (Lipinski definition) is 0. The number of hydrogen-bond acceptors (Lipinski definition) is 4. The Balaban J connectivity index is 1.63. The molecular formula is C37H40N2O2. The van der Waals surface area contributed by atoms with Gasteiger partial charge in [0.1, 0.15) is 0 Å². The number of esters is 1. The number of carbonyl (C=O) groups excluding carboxylic acids is 1. The number of rotatable bonds is 0. The molecule has 0 unspecified atom stereocenters. The van der Waals surface area contributed by atoms with Gasteiger partial charge in [-0.3, -0.25) is 0 Å². The fourth-order valence-corrected chi connectivity index (χ4v) is 7.92. The van der Waals surface area contributed by atoms with Crippen LogP contribution in [-0.4, -0.2) is 31.1 Å². The van der Waals surface area contributed by atoms with Crippen LogP contribution in [0.1, 0.15) is 105 Å². The number of carbonyl (C=O) groups is 1. The third-order valence-electron chi connectivity index (χ3n) is 10.6. The van der Waals surface area contributed by atoms with Gasteiger partial charge in [0.25, 0.3) is 0 Å². The molecule has 0 saturated heterocycles. The van der Waals surface area contributed by atoms with Crippen LogP contribution in [0.2, 0.25) is 0 Å². The summed E-state index contributed by atoms with van der Waals surface area (Å²) in [7, 11) is 4.36. The SMILES string of the molecule is CC1=CC(C)(C)N(C)c2cc3c(cc21)C1(OC(=O)c2ccccc21)c1cc2c(cc1C3(C)C)N(C)C(C)(C)C=C2C. The van der Waals surface area contributed by atoms with Gasteiger partial charge in [-0.05, 0) is 94.1 Å². The molecule has 0 amide bonds. The fourth-order valence-electron chi connectivity index (χ4n) is 7.92. The smallest absolute Gasteiger partial charge is 0.340 e. The Hall–Kier alpha value is -3.79. The highest BCUT2D eigenvalue weighted by Crippen LogP contribution is 2.60. The van der Waals surface area contributed by atoms with Crippen molar-refractivity contribution in [3.8, 4) is 0 Å². The summed E-state index contributed by atoms with van der Waals surface area (Å²) in [5.74, 6) is -0.260. The average molecular weight is 545 g/mol. The molecule has 1 aliphatic carbocycles. The monoisotopic (exact) mass is 544 g/mol. The van der Waals surface area contributed by atoms with Gasteiger partial charge in [-0.2, -0.15) is 0 Å². The summed E-state index contributed by atoms with van der Waals surface area (Å²) >= 11 is 0. The van der Waals surface area contributed by atoms with Gasteiger partial charge in [0.2, 0.25) is 0 Å². The zero-order chi connectivity index (χ0) is 29.4. The number of allylic oxidation sites excluding steroid dienone is 2. The lowest BCUT2D eigenvalue weighted by Gasteiger charge is -2.49. The molecule has 0 fully saturated rings. The van der Waals surface area contributed by atoms with Crippen molar-refractivity contribution in [1.29, 1.82) is 0 Å². The van der Waals surface area contributed by atoms with Gasteiger partial charge in [-0.25, -0.2) is 4.79 Å². The minimum Gasteiger partial charge on any atom is -0.441 e. The molecule has 0 N–H and O–H groups in total. The number of likely N-dealkylation sites (N-methyl/N-ethyl adjacent to an activating group) is 2. The van der Waals surface area contributed by atoms with E-state index in [1.165, 1.54) is 44.8 Å². The molecule has 1 spiro atoms. The van der Waals surface area contributed by atoms with Crippen molar-refractivity contribution in [2.45, 2.75) is 77.5 Å². The Bertz CT molecular complexity index is 1670. The van der Waals surface area contributed by atoms with E-state index in [2.05, 4.69) is 122 Å². The second-order valence-corrected chi connectivity index (χ2v) is 14.2. The standard InChI is InChI=1S/C37H40N2O2/c1-21-19-34(3,4)38(9)31-17-27-29(15-24(21)31)37(26-14-12-11-13-23(26)33(40)41-37)30-16-25-22(2)20-35(5,6)39(10)32(25)18-28(30)36(27,7)8/h11-20H,1-10H3. The third kappa shape index (κ3) is 3.14. The first-order valence-corrected chi connectivity index (χ1v) is 14.7. The van der Waals surface area contributed by atoms with Gasteiger partial charge in [0.15, 0.2) is 5.60 Å². The highest BCUT2D eigenvalue weighted by Gasteiger charge is 2.56. The number of fused-ring (bicyclic) bond motifs is 8. The molecule has 4 aliphatic rings. The molecule has 4 nitrogen and oxygen atoms in total. The van der Waals surface area contributed by atoms with E-state index in [1.54, 1.807) is 0 Å². The van der Waals surface area contributed by atoms with Crippen LogP contribution in [0.3, 0.4) is 0 Å². The second kappa shape index (κ2) is 7.73. The molecular weight excluding hydrogens is 504 g/mol. The van der Waals surface area contributed by atoms with E-state index in [-0.39, 0.29) is 22.5 Å². The van der Waals surface area contributed by atoms with Crippen LogP contribution in [0.4, 0.5) is 11.4 Å². The maximum absolute atomic E-state index is 13.6. The molecule has 0 radical (unpaired) electrons. The van der Waals surface area contributed by atoms with Gasteiger partial charge in [-0.15, -0.1) is 0 Å². The number of anilines is 2. The summed E-state index contributed by atoms with van der Waals surface area (Å²) in [5.41, 5.74) is 11.9. The largest absolute Gasteiger partial charge is 0.441 e. The lowest BCUT2D eigenvalue weighted by molar-refractivity contribution is 0.0231. The zero-order valence-electron chi connectivity index (χ0n) is 26.0. The summed E-state index contributed by atoms with van der Waals surface area (Å²) in [5, 5.41) is 0. The van der Waals surface area contributed by atoms with E-state index in [0.717, 1.165) is 16.7 Å². The van der Waals surface area contributed by atoms with Crippen LogP contribution in [0, 0.1) is 0 Å². The minimum atomic E-state index is -1.02. The Labute approximate surface area is 244 Å². The molecule has 0 bridgehead atoms. The number of benzene rings is 3. The third-order valence-corrected chi connectivity index (χ3v) is 10.6. The molecule has 210 valence electrons. The zero-order valence-corrected chi connectivity index (χ0v) is 26.0. The summed E-state index contributed by atoms with van der Waals surface area (Å²) in [6, 6.07) is 17.3. The minimum absolute atomic E-state index is 0.108. The fraction of sp³-hybridized carbons (Fsp3) is 0.378. The van der Waals surface area contributed by atoms with Crippen LogP contribution >= 0.6 is 0 Å². The molecule has 4 heteroatoms. The van der Waals surface area contributed by atoms with E-state index >= 15 is 0 Å². The van der Waals surface area contributed by atoms with Crippen molar-refractivity contribution in [3.05, 3.63) is 105 Å². The van der Waals surface area contributed by atoms with Crippen molar-refractivity contribution < 1.29 is 9.53 Å². The van der Waals surface area contributed by atoms with Crippen molar-refractivity contribution in [2.75, 3.05) is 23.9 Å². The van der Waals surface area contributed by atoms with Crippen LogP contribution in [0.5, 0.6) is 0 Å². The van der Waals surface area contributed by atoms with E-state index in [4.69, 9.17) is 4.74 Å². The van der Waals surface area contributed by atoms with Gasteiger partial charge in [-0.1, -0.05) is 44.2 Å². The van der Waals surface area contributed by atoms with E-state index in [0.29, 0.717) is 5.56 Å². The lowest BCUT2D eigenvalue weighted by Crippen LogP contribution is -2.45. The molecule has 3 aliphatic heterocycles. The molecule has 3 aromatic carbocycles. The van der Waals surface area contributed by atoms with Gasteiger partial charge >= 0.3 is 5.97 Å². The highest BCUT2D eigenvalue weighted by atomic mass is 16.6. The molecule has 3 heterocycles. The topological polar surface area (TPSA) is 32.8 Å². The first kappa shape index (κ1) is 26.1. The molecule has 0 saturated carbocycles. The molecule has 0 atom stereocenters. The van der Waals surface area contributed by atoms with Crippen LogP contribution in [0.25, 0.3) is 11.1 Å². The van der Waals surface area contributed by atoms with Gasteiger partial charge < -0.3 is 14.5 Å². The van der Waals surface area contributed by atoms with Crippen LogP contribution < -0.4 is 9.80 Å². The van der Waals surface area contributed by atoms with E-state index in [9.17, 15) is 4.79 Å². The highest BCUT2D eigenvalue weighted by molar-refractivity contribution is 5.98. The van der Waals surface area contributed by atoms with Crippen molar-refractivity contribution >= 4 is 28.5 Å². The predicted molar refractivity (Wildman–Crippen MR) is 169 cm³/mol. The van der Waals surface area contributed by atoms with Crippen molar-refractivity contribution in [1.82, 2.24) is 0 Å².